The minimum atomic E-state index is 0.706. The summed E-state index contributed by atoms with van der Waals surface area (Å²) >= 11 is 0. The fraction of sp³-hybridized carbons (Fsp3) is 0.412. The second-order valence-corrected chi connectivity index (χ2v) is 5.84. The van der Waals surface area contributed by atoms with E-state index in [2.05, 4.69) is 37.3 Å². The summed E-state index contributed by atoms with van der Waals surface area (Å²) < 4.78 is 0. The Hall–Kier alpha value is -2.30. The number of rotatable bonds is 5. The lowest BCUT2D eigenvalue weighted by atomic mass is 10.2. The molecule has 1 aliphatic carbocycles. The minimum Gasteiger partial charge on any atom is -0.356 e. The molecule has 0 spiro atoms. The molecule has 1 fully saturated rings. The Morgan fingerprint density at radius 2 is 2.14 bits per heavy atom. The molecule has 3 rings (SSSR count). The van der Waals surface area contributed by atoms with Gasteiger partial charge in [-0.05, 0) is 24.3 Å². The smallest absolute Gasteiger partial charge is 0.193 e. The number of benzene rings is 1. The van der Waals surface area contributed by atoms with E-state index in [0.29, 0.717) is 6.54 Å². The average molecular weight is 297 g/mol. The summed E-state index contributed by atoms with van der Waals surface area (Å²) in [6, 6.07) is 10.2. The van der Waals surface area contributed by atoms with Gasteiger partial charge in [0.25, 0.3) is 0 Å². The number of H-pyrrole nitrogens is 1. The van der Waals surface area contributed by atoms with Crippen LogP contribution in [0.25, 0.3) is 11.3 Å². The maximum atomic E-state index is 4.48. The highest BCUT2D eigenvalue weighted by Gasteiger charge is 2.21. The molecule has 2 N–H and O–H groups in total. The SMILES string of the molecule is CN=C(NCC1CC1)N(C)Cc1ncc(-c2ccccc2)[nH]1. The first-order valence-corrected chi connectivity index (χ1v) is 7.77. The van der Waals surface area contributed by atoms with Crippen LogP contribution < -0.4 is 5.32 Å². The molecule has 5 nitrogen and oxygen atoms in total. The number of aliphatic imine (C=N–C) groups is 1. The number of imidazole rings is 1. The third-order valence-electron chi connectivity index (χ3n) is 3.92. The molecule has 1 aromatic carbocycles. The highest BCUT2D eigenvalue weighted by Crippen LogP contribution is 2.27. The van der Waals surface area contributed by atoms with Crippen LogP contribution in [0.2, 0.25) is 0 Å². The predicted molar refractivity (Wildman–Crippen MR) is 89.6 cm³/mol. The Balaban J connectivity index is 1.61. The van der Waals surface area contributed by atoms with E-state index in [1.54, 1.807) is 0 Å². The molecular formula is C17H23N5. The standard InChI is InChI=1S/C17H23N5/c1-18-17(20-10-13-8-9-13)22(2)12-16-19-11-15(21-16)14-6-4-3-5-7-14/h3-7,11,13H,8-10,12H2,1-2H3,(H,18,20)(H,19,21). The zero-order valence-corrected chi connectivity index (χ0v) is 13.2. The monoisotopic (exact) mass is 297 g/mol. The van der Waals surface area contributed by atoms with Crippen LogP contribution in [0.3, 0.4) is 0 Å². The van der Waals surface area contributed by atoms with Crippen molar-refractivity contribution in [2.24, 2.45) is 10.9 Å². The fourth-order valence-electron chi connectivity index (χ4n) is 2.45. The molecule has 0 bridgehead atoms. The van der Waals surface area contributed by atoms with Crippen molar-refractivity contribution >= 4 is 5.96 Å². The summed E-state index contributed by atoms with van der Waals surface area (Å²) in [6.45, 7) is 1.72. The van der Waals surface area contributed by atoms with Gasteiger partial charge in [-0.1, -0.05) is 30.3 Å². The molecule has 5 heteroatoms. The number of hydrogen-bond acceptors (Lipinski definition) is 2. The van der Waals surface area contributed by atoms with Crippen LogP contribution in [0.4, 0.5) is 0 Å². The van der Waals surface area contributed by atoms with Crippen LogP contribution in [0.5, 0.6) is 0 Å². The Morgan fingerprint density at radius 1 is 1.36 bits per heavy atom. The van der Waals surface area contributed by atoms with E-state index in [1.165, 1.54) is 12.8 Å². The highest BCUT2D eigenvalue weighted by atomic mass is 15.3. The third kappa shape index (κ3) is 3.67. The van der Waals surface area contributed by atoms with Crippen LogP contribution in [-0.4, -0.2) is 41.5 Å². The first kappa shape index (κ1) is 14.6. The summed E-state index contributed by atoms with van der Waals surface area (Å²) in [7, 11) is 3.86. The molecule has 0 unspecified atom stereocenters. The maximum absolute atomic E-state index is 4.48. The molecule has 1 aliphatic rings. The number of nitrogens with one attached hydrogen (secondary N) is 2. The molecule has 1 saturated carbocycles. The normalized spacial score (nSPS) is 14.9. The lowest BCUT2D eigenvalue weighted by Gasteiger charge is -2.21. The van der Waals surface area contributed by atoms with Crippen molar-refractivity contribution in [3.8, 4) is 11.3 Å². The molecule has 1 heterocycles. The molecule has 22 heavy (non-hydrogen) atoms. The molecular weight excluding hydrogens is 274 g/mol. The number of hydrogen-bond donors (Lipinski definition) is 2. The average Bonchev–Trinajstić information content (AvgIpc) is 3.26. The second-order valence-electron chi connectivity index (χ2n) is 5.84. The molecule has 0 aliphatic heterocycles. The van der Waals surface area contributed by atoms with Crippen LogP contribution >= 0.6 is 0 Å². The van der Waals surface area contributed by atoms with Crippen molar-refractivity contribution in [3.63, 3.8) is 0 Å². The van der Waals surface area contributed by atoms with E-state index >= 15 is 0 Å². The maximum Gasteiger partial charge on any atom is 0.193 e. The third-order valence-corrected chi connectivity index (χ3v) is 3.92. The van der Waals surface area contributed by atoms with E-state index in [1.807, 2.05) is 38.5 Å². The number of aromatic nitrogens is 2. The lowest BCUT2D eigenvalue weighted by Crippen LogP contribution is -2.39. The largest absolute Gasteiger partial charge is 0.356 e. The van der Waals surface area contributed by atoms with E-state index in [9.17, 15) is 0 Å². The van der Waals surface area contributed by atoms with Gasteiger partial charge < -0.3 is 15.2 Å². The van der Waals surface area contributed by atoms with Crippen LogP contribution in [-0.2, 0) is 6.54 Å². The van der Waals surface area contributed by atoms with E-state index in [0.717, 1.165) is 35.5 Å². The van der Waals surface area contributed by atoms with Crippen LogP contribution in [0.1, 0.15) is 18.7 Å². The topological polar surface area (TPSA) is 56.3 Å². The van der Waals surface area contributed by atoms with Crippen LogP contribution in [0, 0.1) is 5.92 Å². The van der Waals surface area contributed by atoms with Gasteiger partial charge >= 0.3 is 0 Å². The molecule has 1 aromatic heterocycles. The molecule has 116 valence electrons. The number of aromatic amines is 1. The van der Waals surface area contributed by atoms with Gasteiger partial charge in [-0.15, -0.1) is 0 Å². The quantitative estimate of drug-likeness (QED) is 0.658. The Bertz CT molecular complexity index is 628. The van der Waals surface area contributed by atoms with E-state index in [-0.39, 0.29) is 0 Å². The fourth-order valence-corrected chi connectivity index (χ4v) is 2.45. The van der Waals surface area contributed by atoms with Gasteiger partial charge in [0.1, 0.15) is 5.82 Å². The van der Waals surface area contributed by atoms with Crippen molar-refractivity contribution in [2.75, 3.05) is 20.6 Å². The zero-order chi connectivity index (χ0) is 15.4. The first-order valence-electron chi connectivity index (χ1n) is 7.77. The van der Waals surface area contributed by atoms with Crippen molar-refractivity contribution in [1.29, 1.82) is 0 Å². The second kappa shape index (κ2) is 6.64. The molecule has 0 atom stereocenters. The van der Waals surface area contributed by atoms with Gasteiger partial charge in [0.05, 0.1) is 18.4 Å². The van der Waals surface area contributed by atoms with Crippen molar-refractivity contribution in [2.45, 2.75) is 19.4 Å². The Labute approximate surface area is 131 Å². The first-order chi connectivity index (χ1) is 10.8. The highest BCUT2D eigenvalue weighted by molar-refractivity contribution is 5.79. The van der Waals surface area contributed by atoms with Gasteiger partial charge in [0, 0.05) is 20.6 Å². The summed E-state index contributed by atoms with van der Waals surface area (Å²) in [6.07, 6.45) is 4.57. The Kier molecular flexibility index (Phi) is 4.42. The minimum absolute atomic E-state index is 0.706. The van der Waals surface area contributed by atoms with Crippen molar-refractivity contribution in [1.82, 2.24) is 20.2 Å². The molecule has 0 saturated heterocycles. The zero-order valence-electron chi connectivity index (χ0n) is 13.2. The van der Waals surface area contributed by atoms with Gasteiger partial charge in [-0.25, -0.2) is 4.98 Å². The molecule has 2 aromatic rings. The number of nitrogens with zero attached hydrogens (tertiary/aromatic N) is 3. The summed E-state index contributed by atoms with van der Waals surface area (Å²) in [5, 5.41) is 3.42. The van der Waals surface area contributed by atoms with Crippen molar-refractivity contribution in [3.05, 3.63) is 42.4 Å². The lowest BCUT2D eigenvalue weighted by molar-refractivity contribution is 0.462. The summed E-state index contributed by atoms with van der Waals surface area (Å²) in [4.78, 5) is 14.3. The van der Waals surface area contributed by atoms with Crippen LogP contribution in [0.15, 0.2) is 41.5 Å². The van der Waals surface area contributed by atoms with E-state index in [4.69, 9.17) is 0 Å². The number of guanidine groups is 1. The summed E-state index contributed by atoms with van der Waals surface area (Å²) in [5.74, 6) is 2.69. The van der Waals surface area contributed by atoms with Gasteiger partial charge in [0.15, 0.2) is 5.96 Å². The van der Waals surface area contributed by atoms with Gasteiger partial charge in [0.2, 0.25) is 0 Å². The molecule has 0 amide bonds. The Morgan fingerprint density at radius 3 is 2.82 bits per heavy atom. The molecule has 0 radical (unpaired) electrons. The van der Waals surface area contributed by atoms with E-state index < -0.39 is 0 Å². The van der Waals surface area contributed by atoms with Gasteiger partial charge in [-0.3, -0.25) is 4.99 Å². The summed E-state index contributed by atoms with van der Waals surface area (Å²) in [5.41, 5.74) is 2.20. The predicted octanol–water partition coefficient (Wildman–Crippen LogP) is 2.49. The van der Waals surface area contributed by atoms with Gasteiger partial charge in [-0.2, -0.15) is 0 Å². The van der Waals surface area contributed by atoms with Crippen molar-refractivity contribution < 1.29 is 0 Å².